The highest BCUT2D eigenvalue weighted by Crippen LogP contribution is 2.37. The zero-order chi connectivity index (χ0) is 20.8. The molecule has 0 radical (unpaired) electrons. The number of benzene rings is 2. The summed E-state index contributed by atoms with van der Waals surface area (Å²) in [6.45, 7) is 2.88. The molecule has 0 saturated carbocycles. The lowest BCUT2D eigenvalue weighted by Gasteiger charge is -2.17. The summed E-state index contributed by atoms with van der Waals surface area (Å²) in [5.41, 5.74) is 3.54. The SMILES string of the molecule is CNc1ccc(OC)c(COc2cccc3ccc(C)nc23)c1OC.O=C1CN1. The van der Waals surface area contributed by atoms with Crippen LogP contribution in [0.2, 0.25) is 0 Å². The van der Waals surface area contributed by atoms with Crippen LogP contribution in [0.15, 0.2) is 42.5 Å². The predicted molar refractivity (Wildman–Crippen MR) is 113 cm³/mol. The van der Waals surface area contributed by atoms with Crippen molar-refractivity contribution >= 4 is 22.5 Å². The molecule has 1 saturated heterocycles. The van der Waals surface area contributed by atoms with E-state index in [4.69, 9.17) is 14.2 Å². The second-order valence-electron chi connectivity index (χ2n) is 6.42. The van der Waals surface area contributed by atoms with Crippen LogP contribution >= 0.6 is 0 Å². The Morgan fingerprint density at radius 2 is 1.83 bits per heavy atom. The number of anilines is 1. The molecule has 2 N–H and O–H groups in total. The van der Waals surface area contributed by atoms with E-state index in [1.54, 1.807) is 14.2 Å². The molecule has 0 unspecified atom stereocenters. The van der Waals surface area contributed by atoms with Crippen molar-refractivity contribution in [2.45, 2.75) is 13.5 Å². The third-order valence-corrected chi connectivity index (χ3v) is 4.43. The number of amides is 1. The number of carbonyl (C=O) groups is 1. The average molecular weight is 395 g/mol. The first kappa shape index (κ1) is 20.3. The summed E-state index contributed by atoms with van der Waals surface area (Å²) >= 11 is 0. The maximum absolute atomic E-state index is 9.44. The average Bonchev–Trinajstić information content (AvgIpc) is 3.53. The van der Waals surface area contributed by atoms with Crippen molar-refractivity contribution in [1.29, 1.82) is 0 Å². The molecule has 2 heterocycles. The number of para-hydroxylation sites is 1. The molecule has 3 aromatic rings. The molecule has 0 atom stereocenters. The van der Waals surface area contributed by atoms with Gasteiger partial charge in [0.2, 0.25) is 5.91 Å². The highest BCUT2D eigenvalue weighted by atomic mass is 16.5. The van der Waals surface area contributed by atoms with Gasteiger partial charge in [0, 0.05) is 18.1 Å². The minimum absolute atomic E-state index is 0.167. The highest BCUT2D eigenvalue weighted by molar-refractivity contribution is 5.91. The number of carbonyl (C=O) groups excluding carboxylic acids is 1. The van der Waals surface area contributed by atoms with Gasteiger partial charge in [-0.2, -0.15) is 0 Å². The summed E-state index contributed by atoms with van der Waals surface area (Å²) < 4.78 is 17.1. The Balaban J connectivity index is 0.000000536. The quantitative estimate of drug-likeness (QED) is 0.622. The number of aryl methyl sites for hydroxylation is 1. The molecule has 152 valence electrons. The van der Waals surface area contributed by atoms with Crippen molar-refractivity contribution in [3.8, 4) is 17.2 Å². The smallest absolute Gasteiger partial charge is 0.239 e. The first-order chi connectivity index (χ1) is 14.1. The zero-order valence-corrected chi connectivity index (χ0v) is 17.0. The van der Waals surface area contributed by atoms with Gasteiger partial charge in [-0.15, -0.1) is 0 Å². The van der Waals surface area contributed by atoms with Gasteiger partial charge in [0.25, 0.3) is 0 Å². The van der Waals surface area contributed by atoms with Crippen LogP contribution in [0.4, 0.5) is 5.69 Å². The lowest BCUT2D eigenvalue weighted by atomic mass is 10.1. The molecule has 1 aromatic heterocycles. The van der Waals surface area contributed by atoms with Crippen LogP contribution in [-0.4, -0.2) is 38.7 Å². The molecule has 7 heteroatoms. The summed E-state index contributed by atoms with van der Waals surface area (Å²) in [5.74, 6) is 2.34. The maximum Gasteiger partial charge on any atom is 0.239 e. The molecule has 0 bridgehead atoms. The number of fused-ring (bicyclic) bond motifs is 1. The van der Waals surface area contributed by atoms with E-state index in [-0.39, 0.29) is 5.91 Å². The van der Waals surface area contributed by atoms with E-state index in [9.17, 15) is 4.79 Å². The number of nitrogens with one attached hydrogen (secondary N) is 2. The maximum atomic E-state index is 9.44. The van der Waals surface area contributed by atoms with Crippen LogP contribution in [-0.2, 0) is 11.4 Å². The summed E-state index contributed by atoms with van der Waals surface area (Å²) in [4.78, 5) is 14.1. The van der Waals surface area contributed by atoms with Gasteiger partial charge in [0.15, 0.2) is 5.75 Å². The minimum Gasteiger partial charge on any atom is -0.496 e. The Kier molecular flexibility index (Phi) is 6.39. The van der Waals surface area contributed by atoms with E-state index in [2.05, 4.69) is 15.6 Å². The molecule has 0 aliphatic carbocycles. The second-order valence-corrected chi connectivity index (χ2v) is 6.42. The molecule has 2 aromatic carbocycles. The number of pyridine rings is 1. The summed E-state index contributed by atoms with van der Waals surface area (Å²) in [5, 5.41) is 6.63. The Hall–Kier alpha value is -3.48. The van der Waals surface area contributed by atoms with Crippen LogP contribution in [0.5, 0.6) is 17.2 Å². The van der Waals surface area contributed by atoms with E-state index in [0.29, 0.717) is 18.9 Å². The molecule has 0 spiro atoms. The van der Waals surface area contributed by atoms with Crippen molar-refractivity contribution in [1.82, 2.24) is 10.3 Å². The predicted octanol–water partition coefficient (Wildman–Crippen LogP) is 3.30. The molecule has 1 fully saturated rings. The van der Waals surface area contributed by atoms with Crippen molar-refractivity contribution in [2.75, 3.05) is 33.1 Å². The van der Waals surface area contributed by atoms with Crippen molar-refractivity contribution in [3.05, 3.63) is 53.7 Å². The van der Waals surface area contributed by atoms with Gasteiger partial charge in [0.1, 0.15) is 23.6 Å². The van der Waals surface area contributed by atoms with Crippen LogP contribution in [0.25, 0.3) is 10.9 Å². The van der Waals surface area contributed by atoms with E-state index in [1.165, 1.54) is 0 Å². The molecular formula is C22H25N3O4. The number of hydrogen-bond donors (Lipinski definition) is 2. The monoisotopic (exact) mass is 395 g/mol. The number of nitrogens with zero attached hydrogens (tertiary/aromatic N) is 1. The highest BCUT2D eigenvalue weighted by Gasteiger charge is 2.16. The van der Waals surface area contributed by atoms with Gasteiger partial charge < -0.3 is 24.8 Å². The Bertz CT molecular complexity index is 1010. The Labute approximate surface area is 170 Å². The van der Waals surface area contributed by atoms with Gasteiger partial charge in [-0.1, -0.05) is 18.2 Å². The largest absolute Gasteiger partial charge is 0.496 e. The van der Waals surface area contributed by atoms with Gasteiger partial charge in [-0.25, -0.2) is 4.98 Å². The van der Waals surface area contributed by atoms with Gasteiger partial charge in [0.05, 0.1) is 32.0 Å². The van der Waals surface area contributed by atoms with E-state index in [1.807, 2.05) is 56.4 Å². The molecule has 7 nitrogen and oxygen atoms in total. The number of methoxy groups -OCH3 is 2. The standard InChI is InChI=1S/C20H22N2O3.C2H3NO/c1-13-8-9-14-6-5-7-18(19(14)22-13)25-12-15-17(23-3)11-10-16(21-2)20(15)24-4;4-2-1-3-2/h5-11,21H,12H2,1-4H3;1H2,(H,3,4). The fourth-order valence-corrected chi connectivity index (χ4v) is 2.89. The van der Waals surface area contributed by atoms with E-state index >= 15 is 0 Å². The molecule has 1 aliphatic rings. The first-order valence-electron chi connectivity index (χ1n) is 9.24. The summed E-state index contributed by atoms with van der Waals surface area (Å²) in [6.07, 6.45) is 0. The van der Waals surface area contributed by atoms with Crippen molar-refractivity contribution < 1.29 is 19.0 Å². The summed E-state index contributed by atoms with van der Waals surface area (Å²) in [6, 6.07) is 13.8. The number of aromatic nitrogens is 1. The molecular weight excluding hydrogens is 370 g/mol. The second kappa shape index (κ2) is 9.14. The first-order valence-corrected chi connectivity index (χ1v) is 9.24. The fraction of sp³-hybridized carbons (Fsp3) is 0.273. The van der Waals surface area contributed by atoms with Gasteiger partial charge in [-0.05, 0) is 31.2 Å². The van der Waals surface area contributed by atoms with Crippen molar-refractivity contribution in [2.24, 2.45) is 0 Å². The molecule has 1 aliphatic heterocycles. The van der Waals surface area contributed by atoms with E-state index < -0.39 is 0 Å². The van der Waals surface area contributed by atoms with Gasteiger partial charge in [-0.3, -0.25) is 4.79 Å². The zero-order valence-electron chi connectivity index (χ0n) is 17.0. The third kappa shape index (κ3) is 4.87. The summed E-state index contributed by atoms with van der Waals surface area (Å²) in [7, 11) is 5.13. The number of hydrogen-bond acceptors (Lipinski definition) is 6. The van der Waals surface area contributed by atoms with E-state index in [0.717, 1.165) is 39.3 Å². The molecule has 1 amide bonds. The molecule has 29 heavy (non-hydrogen) atoms. The Morgan fingerprint density at radius 3 is 2.45 bits per heavy atom. The number of rotatable bonds is 6. The normalized spacial score (nSPS) is 11.8. The lowest BCUT2D eigenvalue weighted by Crippen LogP contribution is -2.05. The third-order valence-electron chi connectivity index (χ3n) is 4.43. The van der Waals surface area contributed by atoms with Crippen LogP contribution in [0.3, 0.4) is 0 Å². The lowest BCUT2D eigenvalue weighted by molar-refractivity contribution is -0.110. The number of ether oxygens (including phenoxy) is 3. The van der Waals surface area contributed by atoms with Gasteiger partial charge >= 0.3 is 0 Å². The fourth-order valence-electron chi connectivity index (χ4n) is 2.89. The van der Waals surface area contributed by atoms with Crippen LogP contribution in [0, 0.1) is 6.92 Å². The van der Waals surface area contributed by atoms with Crippen molar-refractivity contribution in [3.63, 3.8) is 0 Å². The molecule has 4 rings (SSSR count). The van der Waals surface area contributed by atoms with Crippen LogP contribution in [0.1, 0.15) is 11.3 Å². The topological polar surface area (TPSA) is 91.6 Å². The Morgan fingerprint density at radius 1 is 1.07 bits per heavy atom. The van der Waals surface area contributed by atoms with Crippen LogP contribution < -0.4 is 24.8 Å². The minimum atomic E-state index is 0.167.